The number of carboxylic acids is 1. The maximum atomic E-state index is 10.9. The molecule has 1 atom stereocenters. The highest BCUT2D eigenvalue weighted by Crippen LogP contribution is 2.08. The minimum absolute atomic E-state index is 0.130. The summed E-state index contributed by atoms with van der Waals surface area (Å²) in [5.41, 5.74) is -0.130. The number of aliphatic carboxylic acids is 1. The summed E-state index contributed by atoms with van der Waals surface area (Å²) in [4.78, 5) is 10.9. The average Bonchev–Trinajstić information content (AvgIpc) is 2.00. The van der Waals surface area contributed by atoms with Gasteiger partial charge in [0.1, 0.15) is 6.04 Å². The Kier molecular flexibility index (Phi) is 5.77. The third-order valence-corrected chi connectivity index (χ3v) is 2.00. The summed E-state index contributed by atoms with van der Waals surface area (Å²) in [5.74, 6) is -0.740. The normalized spacial score (nSPS) is 14.0. The first-order valence-electron chi connectivity index (χ1n) is 5.37. The Bertz CT molecular complexity index is 173. The van der Waals surface area contributed by atoms with Gasteiger partial charge in [0.25, 0.3) is 0 Å². The second kappa shape index (κ2) is 6.02. The number of carbonyl (C=O) groups is 1. The zero-order valence-electron chi connectivity index (χ0n) is 9.76. The van der Waals surface area contributed by atoms with Gasteiger partial charge < -0.3 is 5.11 Å². The molecule has 0 amide bonds. The van der Waals surface area contributed by atoms with Crippen molar-refractivity contribution in [2.75, 3.05) is 0 Å². The van der Waals surface area contributed by atoms with Gasteiger partial charge in [0, 0.05) is 5.54 Å². The van der Waals surface area contributed by atoms with E-state index in [-0.39, 0.29) is 5.54 Å². The quantitative estimate of drug-likeness (QED) is 0.649. The average molecular weight is 201 g/mol. The van der Waals surface area contributed by atoms with Crippen molar-refractivity contribution in [3.05, 3.63) is 0 Å². The smallest absolute Gasteiger partial charge is 0.320 e. The fourth-order valence-corrected chi connectivity index (χ4v) is 1.38. The molecule has 0 aliphatic carbocycles. The fourth-order valence-electron chi connectivity index (χ4n) is 1.38. The Balaban J connectivity index is 3.97. The number of hydrogen-bond donors (Lipinski definition) is 2. The molecule has 0 rings (SSSR count). The van der Waals surface area contributed by atoms with Gasteiger partial charge in [0.05, 0.1) is 0 Å². The Hall–Kier alpha value is -0.570. The van der Waals surface area contributed by atoms with Crippen LogP contribution < -0.4 is 5.32 Å². The monoisotopic (exact) mass is 201 g/mol. The maximum Gasteiger partial charge on any atom is 0.320 e. The summed E-state index contributed by atoms with van der Waals surface area (Å²) in [5, 5.41) is 12.1. The third kappa shape index (κ3) is 6.89. The van der Waals surface area contributed by atoms with Gasteiger partial charge in [-0.3, -0.25) is 10.1 Å². The molecule has 0 saturated heterocycles. The molecular weight excluding hydrogens is 178 g/mol. The van der Waals surface area contributed by atoms with E-state index in [4.69, 9.17) is 5.11 Å². The lowest BCUT2D eigenvalue weighted by Crippen LogP contribution is -2.47. The summed E-state index contributed by atoms with van der Waals surface area (Å²) in [6.07, 6.45) is 3.94. The first-order chi connectivity index (χ1) is 6.37. The summed E-state index contributed by atoms with van der Waals surface area (Å²) in [6.45, 7) is 8.08. The van der Waals surface area contributed by atoms with Gasteiger partial charge in [-0.2, -0.15) is 0 Å². The van der Waals surface area contributed by atoms with Crippen LogP contribution in [-0.2, 0) is 4.79 Å². The van der Waals surface area contributed by atoms with Crippen LogP contribution in [0.15, 0.2) is 0 Å². The van der Waals surface area contributed by atoms with Crippen LogP contribution in [0.25, 0.3) is 0 Å². The van der Waals surface area contributed by atoms with Crippen molar-refractivity contribution < 1.29 is 9.90 Å². The summed E-state index contributed by atoms with van der Waals surface area (Å²) in [6, 6.07) is -0.401. The second-order valence-electron chi connectivity index (χ2n) is 4.78. The van der Waals surface area contributed by atoms with Crippen LogP contribution in [0.1, 0.15) is 53.4 Å². The van der Waals surface area contributed by atoms with Crippen molar-refractivity contribution in [3.63, 3.8) is 0 Å². The molecule has 3 heteroatoms. The Labute approximate surface area is 86.9 Å². The molecule has 0 aliphatic rings. The summed E-state index contributed by atoms with van der Waals surface area (Å²) < 4.78 is 0. The summed E-state index contributed by atoms with van der Waals surface area (Å²) in [7, 11) is 0. The molecule has 0 unspecified atom stereocenters. The molecule has 0 fully saturated rings. The predicted molar refractivity (Wildman–Crippen MR) is 58.5 cm³/mol. The highest BCUT2D eigenvalue weighted by Gasteiger charge is 2.22. The van der Waals surface area contributed by atoms with E-state index in [9.17, 15) is 4.79 Å². The molecule has 0 aromatic heterocycles. The topological polar surface area (TPSA) is 49.3 Å². The van der Waals surface area contributed by atoms with E-state index in [0.717, 1.165) is 25.7 Å². The van der Waals surface area contributed by atoms with Crippen molar-refractivity contribution in [3.8, 4) is 0 Å². The van der Waals surface area contributed by atoms with Crippen LogP contribution >= 0.6 is 0 Å². The number of nitrogens with one attached hydrogen (secondary N) is 1. The van der Waals surface area contributed by atoms with E-state index in [2.05, 4.69) is 12.2 Å². The van der Waals surface area contributed by atoms with E-state index in [0.29, 0.717) is 0 Å². The molecule has 0 heterocycles. The first-order valence-corrected chi connectivity index (χ1v) is 5.37. The van der Waals surface area contributed by atoms with Crippen LogP contribution in [0.3, 0.4) is 0 Å². The van der Waals surface area contributed by atoms with E-state index in [1.807, 2.05) is 20.8 Å². The highest BCUT2D eigenvalue weighted by molar-refractivity contribution is 5.73. The van der Waals surface area contributed by atoms with Crippen molar-refractivity contribution in [1.29, 1.82) is 0 Å². The number of hydrogen-bond acceptors (Lipinski definition) is 2. The van der Waals surface area contributed by atoms with Crippen molar-refractivity contribution in [2.24, 2.45) is 0 Å². The highest BCUT2D eigenvalue weighted by atomic mass is 16.4. The van der Waals surface area contributed by atoms with Crippen LogP contribution in [0, 0.1) is 0 Å². The molecule has 14 heavy (non-hydrogen) atoms. The molecule has 0 spiro atoms. The van der Waals surface area contributed by atoms with Gasteiger partial charge in [-0.25, -0.2) is 0 Å². The fraction of sp³-hybridized carbons (Fsp3) is 0.909. The van der Waals surface area contributed by atoms with E-state index >= 15 is 0 Å². The van der Waals surface area contributed by atoms with Crippen molar-refractivity contribution in [2.45, 2.75) is 65.0 Å². The molecule has 0 aromatic rings. The summed E-state index contributed by atoms with van der Waals surface area (Å²) >= 11 is 0. The molecule has 3 nitrogen and oxygen atoms in total. The zero-order chi connectivity index (χ0) is 11.2. The Morgan fingerprint density at radius 3 is 2.29 bits per heavy atom. The second-order valence-corrected chi connectivity index (χ2v) is 4.78. The molecule has 0 saturated carbocycles. The molecular formula is C11H23NO2. The number of unbranched alkanes of at least 4 members (excludes halogenated alkanes) is 2. The van der Waals surface area contributed by atoms with Crippen LogP contribution in [0.2, 0.25) is 0 Å². The van der Waals surface area contributed by atoms with Gasteiger partial charge in [-0.05, 0) is 27.2 Å². The lowest BCUT2D eigenvalue weighted by atomic mass is 10.0. The Morgan fingerprint density at radius 2 is 1.93 bits per heavy atom. The minimum atomic E-state index is -0.740. The maximum absolute atomic E-state index is 10.9. The van der Waals surface area contributed by atoms with Crippen molar-refractivity contribution >= 4 is 5.97 Å². The first kappa shape index (κ1) is 13.4. The zero-order valence-corrected chi connectivity index (χ0v) is 9.76. The van der Waals surface area contributed by atoms with E-state index in [1.165, 1.54) is 0 Å². The minimum Gasteiger partial charge on any atom is -0.480 e. The lowest BCUT2D eigenvalue weighted by Gasteiger charge is -2.25. The van der Waals surface area contributed by atoms with Gasteiger partial charge in [0.15, 0.2) is 0 Å². The van der Waals surface area contributed by atoms with Gasteiger partial charge in [-0.15, -0.1) is 0 Å². The van der Waals surface area contributed by atoms with E-state index in [1.54, 1.807) is 0 Å². The van der Waals surface area contributed by atoms with Crippen molar-refractivity contribution in [1.82, 2.24) is 5.32 Å². The standard InChI is InChI=1S/C11H23NO2/c1-5-6-7-8-9(10(13)14)12-11(2,3)4/h9,12H,5-8H2,1-4H3,(H,13,14)/t9-/m0/s1. The molecule has 0 radical (unpaired) electrons. The van der Waals surface area contributed by atoms with Crippen LogP contribution in [0.4, 0.5) is 0 Å². The number of carboxylic acid groups (broad SMARTS) is 1. The van der Waals surface area contributed by atoms with Crippen LogP contribution in [-0.4, -0.2) is 22.7 Å². The molecule has 84 valence electrons. The van der Waals surface area contributed by atoms with Crippen LogP contribution in [0.5, 0.6) is 0 Å². The molecule has 0 aromatic carbocycles. The molecule has 0 aliphatic heterocycles. The number of rotatable bonds is 6. The molecule has 0 bridgehead atoms. The van der Waals surface area contributed by atoms with E-state index < -0.39 is 12.0 Å². The third-order valence-electron chi connectivity index (χ3n) is 2.00. The largest absolute Gasteiger partial charge is 0.480 e. The lowest BCUT2D eigenvalue weighted by molar-refractivity contribution is -0.140. The van der Waals surface area contributed by atoms with Gasteiger partial charge in [-0.1, -0.05) is 26.2 Å². The predicted octanol–water partition coefficient (Wildman–Crippen LogP) is 2.41. The van der Waals surface area contributed by atoms with Gasteiger partial charge in [0.2, 0.25) is 0 Å². The molecule has 2 N–H and O–H groups in total. The Morgan fingerprint density at radius 1 is 1.36 bits per heavy atom. The van der Waals surface area contributed by atoms with Gasteiger partial charge >= 0.3 is 5.97 Å². The SMILES string of the molecule is CCCCC[C@H](NC(C)(C)C)C(=O)O.